The largest absolute Gasteiger partial charge is 0.432 e. The van der Waals surface area contributed by atoms with Crippen LogP contribution in [-0.2, 0) is 33.3 Å². The minimum absolute atomic E-state index is 0.0745. The Morgan fingerprint density at radius 1 is 1.07 bits per heavy atom. The predicted octanol–water partition coefficient (Wildman–Crippen LogP) is 3.59. The van der Waals surface area contributed by atoms with Crippen molar-refractivity contribution in [1.29, 1.82) is 0 Å². The minimum atomic E-state index is -1.32. The van der Waals surface area contributed by atoms with Crippen molar-refractivity contribution in [2.24, 2.45) is 35.0 Å². The molecule has 0 aromatic heterocycles. The Morgan fingerprint density at radius 2 is 1.73 bits per heavy atom. The Bertz CT molecular complexity index is 717. The molecule has 1 spiro atoms. The third kappa shape index (κ3) is 3.07. The standard InChI is InChI=1S/C23H34O7/c1-12(2)17-10-9-13(3)11-22(17)29-19-16-7-6-8-18(16)23(19,20(26)30-22)21(27-14(4)24)28-15(5)25/h12-13,16-19,21H,6-11H2,1-5H3/t13-,16-,17+,18+,19-,22-,23-/m1/s1. The number of fused-ring (bicyclic) bond motifs is 4. The van der Waals surface area contributed by atoms with Crippen LogP contribution in [0.5, 0.6) is 0 Å². The molecule has 7 nitrogen and oxygen atoms in total. The molecule has 0 radical (unpaired) electrons. The SMILES string of the molecule is CC(=O)OC(OC(C)=O)[C@@]12C(=O)O[C@@]3(C[C@H](C)CC[C@H]3C(C)C)O[C@@H]1[C@@H]1CCC[C@@H]12. The highest BCUT2D eigenvalue weighted by molar-refractivity contribution is 5.83. The molecule has 0 bridgehead atoms. The molecule has 4 aliphatic rings. The highest BCUT2D eigenvalue weighted by Gasteiger charge is 2.79. The van der Waals surface area contributed by atoms with Gasteiger partial charge in [-0.25, -0.2) is 0 Å². The summed E-state index contributed by atoms with van der Waals surface area (Å²) in [5, 5.41) is 0. The van der Waals surface area contributed by atoms with E-state index in [4.69, 9.17) is 18.9 Å². The monoisotopic (exact) mass is 422 g/mol. The quantitative estimate of drug-likeness (QED) is 0.505. The molecule has 4 rings (SSSR count). The summed E-state index contributed by atoms with van der Waals surface area (Å²) in [7, 11) is 0. The number of ether oxygens (including phenoxy) is 4. The molecule has 4 fully saturated rings. The summed E-state index contributed by atoms with van der Waals surface area (Å²) in [6, 6.07) is 0. The highest BCUT2D eigenvalue weighted by Crippen LogP contribution is 2.67. The molecule has 7 atom stereocenters. The van der Waals surface area contributed by atoms with Gasteiger partial charge in [0.15, 0.2) is 5.41 Å². The van der Waals surface area contributed by atoms with Crippen LogP contribution in [0.3, 0.4) is 0 Å². The summed E-state index contributed by atoms with van der Waals surface area (Å²) >= 11 is 0. The second-order valence-corrected chi connectivity index (χ2v) is 10.2. The molecule has 0 N–H and O–H groups in total. The number of carbonyl (C=O) groups is 3. The molecule has 1 heterocycles. The van der Waals surface area contributed by atoms with Gasteiger partial charge in [0, 0.05) is 26.2 Å². The maximum Gasteiger partial charge on any atom is 0.325 e. The van der Waals surface area contributed by atoms with Gasteiger partial charge in [-0.15, -0.1) is 0 Å². The Hall–Kier alpha value is -1.63. The third-order valence-electron chi connectivity index (χ3n) is 7.90. The highest BCUT2D eigenvalue weighted by atomic mass is 16.8. The van der Waals surface area contributed by atoms with Gasteiger partial charge in [-0.3, -0.25) is 14.4 Å². The first kappa shape index (κ1) is 21.6. The lowest BCUT2D eigenvalue weighted by Gasteiger charge is -2.65. The predicted molar refractivity (Wildman–Crippen MR) is 106 cm³/mol. The van der Waals surface area contributed by atoms with E-state index >= 15 is 0 Å². The van der Waals surface area contributed by atoms with E-state index in [0.717, 1.165) is 32.1 Å². The van der Waals surface area contributed by atoms with Gasteiger partial charge in [-0.05, 0) is 49.4 Å². The number of hydrogen-bond donors (Lipinski definition) is 0. The fourth-order valence-electron chi connectivity index (χ4n) is 6.77. The summed E-state index contributed by atoms with van der Waals surface area (Å²) in [6.45, 7) is 8.95. The zero-order chi connectivity index (χ0) is 21.8. The fourth-order valence-corrected chi connectivity index (χ4v) is 6.77. The van der Waals surface area contributed by atoms with Gasteiger partial charge in [-0.2, -0.15) is 0 Å². The molecule has 1 saturated heterocycles. The first-order chi connectivity index (χ1) is 14.1. The number of hydrogen-bond acceptors (Lipinski definition) is 7. The average Bonchev–Trinajstić information content (AvgIpc) is 3.03. The molecular formula is C23H34O7. The van der Waals surface area contributed by atoms with Crippen molar-refractivity contribution in [3.05, 3.63) is 0 Å². The van der Waals surface area contributed by atoms with Crippen molar-refractivity contribution < 1.29 is 33.3 Å². The first-order valence-electron chi connectivity index (χ1n) is 11.4. The Kier molecular flexibility index (Phi) is 5.40. The van der Waals surface area contributed by atoms with Crippen LogP contribution in [0.1, 0.15) is 73.1 Å². The zero-order valence-corrected chi connectivity index (χ0v) is 18.6. The van der Waals surface area contributed by atoms with Crippen LogP contribution in [0, 0.1) is 35.0 Å². The van der Waals surface area contributed by atoms with Gasteiger partial charge >= 0.3 is 17.9 Å². The maximum absolute atomic E-state index is 13.8. The summed E-state index contributed by atoms with van der Waals surface area (Å²) in [5.41, 5.74) is -1.27. The Balaban J connectivity index is 1.74. The molecular weight excluding hydrogens is 388 g/mol. The summed E-state index contributed by atoms with van der Waals surface area (Å²) in [5.74, 6) is -1.69. The summed E-state index contributed by atoms with van der Waals surface area (Å²) < 4.78 is 23.8. The van der Waals surface area contributed by atoms with E-state index in [-0.39, 0.29) is 17.8 Å². The van der Waals surface area contributed by atoms with E-state index in [1.54, 1.807) is 0 Å². The second kappa shape index (κ2) is 7.50. The van der Waals surface area contributed by atoms with E-state index in [2.05, 4.69) is 20.8 Å². The van der Waals surface area contributed by atoms with Gasteiger partial charge in [0.2, 0.25) is 5.79 Å². The number of carbonyl (C=O) groups excluding carboxylic acids is 3. The molecule has 3 aliphatic carbocycles. The lowest BCUT2D eigenvalue weighted by Crippen LogP contribution is -2.77. The minimum Gasteiger partial charge on any atom is -0.432 e. The van der Waals surface area contributed by atoms with Crippen molar-refractivity contribution in [1.82, 2.24) is 0 Å². The average molecular weight is 423 g/mol. The van der Waals surface area contributed by atoms with Gasteiger partial charge < -0.3 is 18.9 Å². The Morgan fingerprint density at radius 3 is 2.33 bits per heavy atom. The molecule has 1 aliphatic heterocycles. The van der Waals surface area contributed by atoms with Crippen molar-refractivity contribution in [3.63, 3.8) is 0 Å². The van der Waals surface area contributed by atoms with Crippen LogP contribution in [0.4, 0.5) is 0 Å². The normalized spacial score (nSPS) is 42.4. The van der Waals surface area contributed by atoms with Crippen molar-refractivity contribution in [2.75, 3.05) is 0 Å². The van der Waals surface area contributed by atoms with Crippen molar-refractivity contribution >= 4 is 17.9 Å². The van der Waals surface area contributed by atoms with E-state index in [1.165, 1.54) is 13.8 Å². The third-order valence-corrected chi connectivity index (χ3v) is 7.90. The van der Waals surface area contributed by atoms with Crippen molar-refractivity contribution in [3.8, 4) is 0 Å². The Labute approximate surface area is 178 Å². The van der Waals surface area contributed by atoms with Crippen LogP contribution in [0.25, 0.3) is 0 Å². The fraction of sp³-hybridized carbons (Fsp3) is 0.870. The van der Waals surface area contributed by atoms with Crippen molar-refractivity contribution in [2.45, 2.75) is 91.3 Å². The van der Waals surface area contributed by atoms with E-state index in [9.17, 15) is 14.4 Å². The molecule has 0 unspecified atom stereocenters. The number of rotatable bonds is 4. The van der Waals surface area contributed by atoms with Gasteiger partial charge in [0.25, 0.3) is 6.29 Å². The lowest BCUT2D eigenvalue weighted by atomic mass is 9.51. The molecule has 30 heavy (non-hydrogen) atoms. The summed E-state index contributed by atoms with van der Waals surface area (Å²) in [4.78, 5) is 37.4. The smallest absolute Gasteiger partial charge is 0.325 e. The van der Waals surface area contributed by atoms with E-state index in [0.29, 0.717) is 18.3 Å². The van der Waals surface area contributed by atoms with Crippen LogP contribution in [0.15, 0.2) is 0 Å². The topological polar surface area (TPSA) is 88.1 Å². The summed E-state index contributed by atoms with van der Waals surface area (Å²) in [6.07, 6.45) is 3.62. The van der Waals surface area contributed by atoms with Crippen LogP contribution in [0.2, 0.25) is 0 Å². The van der Waals surface area contributed by atoms with E-state index < -0.39 is 41.5 Å². The van der Waals surface area contributed by atoms with Gasteiger partial charge in [0.1, 0.15) is 0 Å². The first-order valence-corrected chi connectivity index (χ1v) is 11.4. The van der Waals surface area contributed by atoms with Gasteiger partial charge in [0.05, 0.1) is 6.10 Å². The zero-order valence-electron chi connectivity index (χ0n) is 18.6. The second-order valence-electron chi connectivity index (χ2n) is 10.2. The van der Waals surface area contributed by atoms with Crippen LogP contribution < -0.4 is 0 Å². The van der Waals surface area contributed by atoms with E-state index in [1.807, 2.05) is 0 Å². The van der Waals surface area contributed by atoms with Crippen LogP contribution in [-0.4, -0.2) is 36.1 Å². The molecule has 3 saturated carbocycles. The maximum atomic E-state index is 13.8. The van der Waals surface area contributed by atoms with Crippen LogP contribution >= 0.6 is 0 Å². The molecule has 0 aromatic rings. The van der Waals surface area contributed by atoms with Gasteiger partial charge in [-0.1, -0.05) is 27.2 Å². The molecule has 7 heteroatoms. The molecule has 0 aromatic carbocycles. The molecule has 0 amide bonds. The molecule has 168 valence electrons. The lowest BCUT2D eigenvalue weighted by molar-refractivity contribution is -0.404. The number of esters is 3.